The van der Waals surface area contributed by atoms with Crippen LogP contribution < -0.4 is 4.90 Å². The van der Waals surface area contributed by atoms with Gasteiger partial charge in [-0.05, 0) is 42.9 Å². The van der Waals surface area contributed by atoms with Crippen LogP contribution in [0.2, 0.25) is 0 Å². The summed E-state index contributed by atoms with van der Waals surface area (Å²) in [7, 11) is 0. The molecule has 0 atom stereocenters. The van der Waals surface area contributed by atoms with Gasteiger partial charge in [0, 0.05) is 18.3 Å². The molecule has 0 unspecified atom stereocenters. The molecule has 1 aromatic heterocycles. The van der Waals surface area contributed by atoms with Crippen LogP contribution in [-0.2, 0) is 13.0 Å². The summed E-state index contributed by atoms with van der Waals surface area (Å²) < 4.78 is 0. The van der Waals surface area contributed by atoms with Crippen molar-refractivity contribution in [3.05, 3.63) is 23.4 Å². The van der Waals surface area contributed by atoms with E-state index >= 15 is 0 Å². The van der Waals surface area contributed by atoms with Crippen molar-refractivity contribution in [1.82, 2.24) is 4.98 Å². The minimum atomic E-state index is 0.0999. The molecular formula is C15H24N2O. The summed E-state index contributed by atoms with van der Waals surface area (Å²) in [5, 5.41) is 9.35. The Kier molecular flexibility index (Phi) is 4.23. The van der Waals surface area contributed by atoms with Gasteiger partial charge in [-0.3, -0.25) is 0 Å². The molecule has 1 fully saturated rings. The SMILES string of the molecule is CCc1cc(CO)cc(N(CC(C)C)C2CC2)n1. The summed E-state index contributed by atoms with van der Waals surface area (Å²) in [5.41, 5.74) is 2.05. The molecule has 0 amide bonds. The molecule has 3 nitrogen and oxygen atoms in total. The zero-order valence-corrected chi connectivity index (χ0v) is 11.7. The lowest BCUT2D eigenvalue weighted by Crippen LogP contribution is -2.30. The van der Waals surface area contributed by atoms with Crippen molar-refractivity contribution in [2.75, 3.05) is 11.4 Å². The van der Waals surface area contributed by atoms with Gasteiger partial charge in [0.1, 0.15) is 5.82 Å². The highest BCUT2D eigenvalue weighted by molar-refractivity contribution is 5.45. The summed E-state index contributed by atoms with van der Waals surface area (Å²) in [5.74, 6) is 1.69. The second-order valence-electron chi connectivity index (χ2n) is 5.61. The Labute approximate surface area is 110 Å². The second-order valence-corrected chi connectivity index (χ2v) is 5.61. The zero-order valence-electron chi connectivity index (χ0n) is 11.7. The van der Waals surface area contributed by atoms with Crippen LogP contribution in [0.25, 0.3) is 0 Å². The van der Waals surface area contributed by atoms with E-state index in [-0.39, 0.29) is 6.61 Å². The van der Waals surface area contributed by atoms with Gasteiger partial charge in [-0.15, -0.1) is 0 Å². The number of aryl methyl sites for hydroxylation is 1. The van der Waals surface area contributed by atoms with Crippen molar-refractivity contribution in [1.29, 1.82) is 0 Å². The molecular weight excluding hydrogens is 224 g/mol. The molecule has 1 heterocycles. The van der Waals surface area contributed by atoms with Gasteiger partial charge >= 0.3 is 0 Å². The first-order valence-electron chi connectivity index (χ1n) is 7.01. The maximum Gasteiger partial charge on any atom is 0.129 e. The Bertz CT molecular complexity index is 377. The van der Waals surface area contributed by atoms with Gasteiger partial charge in [0.25, 0.3) is 0 Å². The molecule has 100 valence electrons. The van der Waals surface area contributed by atoms with Gasteiger partial charge in [-0.1, -0.05) is 20.8 Å². The van der Waals surface area contributed by atoms with Crippen molar-refractivity contribution in [3.63, 3.8) is 0 Å². The van der Waals surface area contributed by atoms with Gasteiger partial charge < -0.3 is 10.0 Å². The molecule has 1 aromatic rings. The molecule has 0 bridgehead atoms. The van der Waals surface area contributed by atoms with Crippen molar-refractivity contribution in [2.45, 2.75) is 52.7 Å². The highest BCUT2D eigenvalue weighted by Gasteiger charge is 2.30. The summed E-state index contributed by atoms with van der Waals surface area (Å²) in [6, 6.07) is 4.71. The lowest BCUT2D eigenvalue weighted by atomic mass is 10.1. The minimum absolute atomic E-state index is 0.0999. The molecule has 0 spiro atoms. The van der Waals surface area contributed by atoms with Crippen molar-refractivity contribution < 1.29 is 5.11 Å². The van der Waals surface area contributed by atoms with E-state index in [1.165, 1.54) is 12.8 Å². The van der Waals surface area contributed by atoms with Crippen LogP contribution >= 0.6 is 0 Å². The van der Waals surface area contributed by atoms with E-state index in [4.69, 9.17) is 4.98 Å². The molecule has 1 saturated carbocycles. The lowest BCUT2D eigenvalue weighted by Gasteiger charge is -2.26. The van der Waals surface area contributed by atoms with Crippen LogP contribution in [0, 0.1) is 5.92 Å². The highest BCUT2D eigenvalue weighted by Crippen LogP contribution is 2.32. The Morgan fingerprint density at radius 2 is 2.11 bits per heavy atom. The third-order valence-corrected chi connectivity index (χ3v) is 3.31. The van der Waals surface area contributed by atoms with Crippen LogP contribution in [0.15, 0.2) is 12.1 Å². The number of pyridine rings is 1. The molecule has 2 rings (SSSR count). The largest absolute Gasteiger partial charge is 0.392 e. The number of aliphatic hydroxyl groups excluding tert-OH is 1. The van der Waals surface area contributed by atoms with E-state index in [0.717, 1.165) is 30.0 Å². The van der Waals surface area contributed by atoms with E-state index in [9.17, 15) is 5.11 Å². The Balaban J connectivity index is 2.27. The predicted molar refractivity (Wildman–Crippen MR) is 74.7 cm³/mol. The summed E-state index contributed by atoms with van der Waals surface area (Å²) in [6.07, 6.45) is 3.47. The standard InChI is InChI=1S/C15H24N2O/c1-4-13-7-12(10-18)8-15(16-13)17(9-11(2)3)14-5-6-14/h7-8,11,14,18H,4-6,9-10H2,1-3H3. The number of rotatable bonds is 6. The fraction of sp³-hybridized carbons (Fsp3) is 0.667. The zero-order chi connectivity index (χ0) is 13.1. The fourth-order valence-corrected chi connectivity index (χ4v) is 2.26. The first-order valence-corrected chi connectivity index (χ1v) is 7.01. The molecule has 1 aliphatic carbocycles. The lowest BCUT2D eigenvalue weighted by molar-refractivity contribution is 0.281. The van der Waals surface area contributed by atoms with Crippen LogP contribution in [0.3, 0.4) is 0 Å². The van der Waals surface area contributed by atoms with Crippen LogP contribution in [-0.4, -0.2) is 22.7 Å². The molecule has 1 aliphatic rings. The van der Waals surface area contributed by atoms with Gasteiger partial charge in [-0.25, -0.2) is 4.98 Å². The summed E-state index contributed by atoms with van der Waals surface area (Å²) >= 11 is 0. The number of hydrogen-bond donors (Lipinski definition) is 1. The van der Waals surface area contributed by atoms with Crippen LogP contribution in [0.4, 0.5) is 5.82 Å². The number of anilines is 1. The Hall–Kier alpha value is -1.09. The average Bonchev–Trinajstić information content (AvgIpc) is 3.19. The molecule has 0 aromatic carbocycles. The molecule has 0 radical (unpaired) electrons. The van der Waals surface area contributed by atoms with Crippen molar-refractivity contribution in [3.8, 4) is 0 Å². The highest BCUT2D eigenvalue weighted by atomic mass is 16.3. The normalized spacial score (nSPS) is 15.2. The van der Waals surface area contributed by atoms with Crippen LogP contribution in [0.1, 0.15) is 44.9 Å². The van der Waals surface area contributed by atoms with Gasteiger partial charge in [0.2, 0.25) is 0 Å². The quantitative estimate of drug-likeness (QED) is 0.841. The summed E-state index contributed by atoms with van der Waals surface area (Å²) in [4.78, 5) is 7.15. The molecule has 0 saturated heterocycles. The molecule has 0 aliphatic heterocycles. The van der Waals surface area contributed by atoms with E-state index in [2.05, 4.69) is 25.7 Å². The van der Waals surface area contributed by atoms with Crippen molar-refractivity contribution >= 4 is 5.82 Å². The predicted octanol–water partition coefficient (Wildman–Crippen LogP) is 2.76. The van der Waals surface area contributed by atoms with Gasteiger partial charge in [-0.2, -0.15) is 0 Å². The third kappa shape index (κ3) is 3.22. The van der Waals surface area contributed by atoms with E-state index < -0.39 is 0 Å². The smallest absolute Gasteiger partial charge is 0.129 e. The van der Waals surface area contributed by atoms with Gasteiger partial charge in [0.15, 0.2) is 0 Å². The fourth-order valence-electron chi connectivity index (χ4n) is 2.26. The van der Waals surface area contributed by atoms with E-state index in [0.29, 0.717) is 12.0 Å². The van der Waals surface area contributed by atoms with Crippen molar-refractivity contribution in [2.24, 2.45) is 5.92 Å². The number of nitrogens with zero attached hydrogens (tertiary/aromatic N) is 2. The first kappa shape index (κ1) is 13.3. The molecule has 1 N–H and O–H groups in total. The van der Waals surface area contributed by atoms with E-state index in [1.54, 1.807) is 0 Å². The maximum absolute atomic E-state index is 9.35. The number of aromatic nitrogens is 1. The van der Waals surface area contributed by atoms with Gasteiger partial charge in [0.05, 0.1) is 6.61 Å². The topological polar surface area (TPSA) is 36.4 Å². The number of aliphatic hydroxyl groups is 1. The minimum Gasteiger partial charge on any atom is -0.392 e. The second kappa shape index (κ2) is 5.70. The number of hydrogen-bond acceptors (Lipinski definition) is 3. The average molecular weight is 248 g/mol. The third-order valence-electron chi connectivity index (χ3n) is 3.31. The maximum atomic E-state index is 9.35. The first-order chi connectivity index (χ1) is 8.63. The Morgan fingerprint density at radius 3 is 2.61 bits per heavy atom. The Morgan fingerprint density at radius 1 is 1.39 bits per heavy atom. The van der Waals surface area contributed by atoms with E-state index in [1.807, 2.05) is 12.1 Å². The molecule has 3 heteroatoms. The molecule has 18 heavy (non-hydrogen) atoms. The van der Waals surface area contributed by atoms with Crippen LogP contribution in [0.5, 0.6) is 0 Å². The monoisotopic (exact) mass is 248 g/mol. The summed E-state index contributed by atoms with van der Waals surface area (Å²) in [6.45, 7) is 7.74.